The van der Waals surface area contributed by atoms with Gasteiger partial charge in [0.1, 0.15) is 5.54 Å². The third kappa shape index (κ3) is 1.95. The van der Waals surface area contributed by atoms with Crippen molar-refractivity contribution in [2.24, 2.45) is 11.7 Å². The first kappa shape index (κ1) is 12.4. The molecule has 2 bridgehead atoms. The van der Waals surface area contributed by atoms with Crippen LogP contribution >= 0.6 is 0 Å². The molecule has 2 saturated carbocycles. The van der Waals surface area contributed by atoms with E-state index in [-0.39, 0.29) is 5.97 Å². The predicted octanol–water partition coefficient (Wildman–Crippen LogP) is 1.28. The summed E-state index contributed by atoms with van der Waals surface area (Å²) in [7, 11) is 1.44. The van der Waals surface area contributed by atoms with Gasteiger partial charge in [0.05, 0.1) is 7.11 Å². The Bertz CT molecular complexity index is 347. The van der Waals surface area contributed by atoms with Gasteiger partial charge in [0.25, 0.3) is 0 Å². The van der Waals surface area contributed by atoms with Crippen LogP contribution in [0.2, 0.25) is 0 Å². The first-order valence-corrected chi connectivity index (χ1v) is 7.25. The lowest BCUT2D eigenvalue weighted by molar-refractivity contribution is -0.149. The van der Waals surface area contributed by atoms with Crippen LogP contribution in [0.4, 0.5) is 0 Å². The number of nitrogens with zero attached hydrogens (tertiary/aromatic N) is 1. The number of rotatable bonds is 2. The molecular weight excluding hydrogens is 228 g/mol. The molecule has 4 heteroatoms. The van der Waals surface area contributed by atoms with E-state index in [9.17, 15) is 4.79 Å². The van der Waals surface area contributed by atoms with E-state index in [0.717, 1.165) is 31.2 Å². The number of hydrogen-bond acceptors (Lipinski definition) is 4. The molecule has 0 aromatic heterocycles. The van der Waals surface area contributed by atoms with E-state index in [4.69, 9.17) is 10.5 Å². The minimum absolute atomic E-state index is 0.225. The summed E-state index contributed by atoms with van der Waals surface area (Å²) in [5, 5.41) is 0. The summed E-state index contributed by atoms with van der Waals surface area (Å²) in [5.41, 5.74) is 5.53. The second-order valence-electron chi connectivity index (χ2n) is 6.43. The number of carbonyl (C=O) groups excluding carboxylic acids is 1. The van der Waals surface area contributed by atoms with Gasteiger partial charge in [0.2, 0.25) is 0 Å². The molecular formula is C14H24N2O2. The predicted molar refractivity (Wildman–Crippen MR) is 69.0 cm³/mol. The lowest BCUT2D eigenvalue weighted by Crippen LogP contribution is -2.57. The lowest BCUT2D eigenvalue weighted by Gasteiger charge is -2.42. The average Bonchev–Trinajstić information content (AvgIpc) is 3.00. The van der Waals surface area contributed by atoms with Crippen LogP contribution in [-0.2, 0) is 9.53 Å². The van der Waals surface area contributed by atoms with Crippen LogP contribution < -0.4 is 5.73 Å². The Morgan fingerprint density at radius 3 is 2.78 bits per heavy atom. The number of fused-ring (bicyclic) bond motifs is 2. The van der Waals surface area contributed by atoms with Crippen LogP contribution in [0.1, 0.15) is 44.9 Å². The van der Waals surface area contributed by atoms with Crippen molar-refractivity contribution in [3.05, 3.63) is 0 Å². The fraction of sp³-hybridized carbons (Fsp3) is 0.929. The minimum atomic E-state index is -0.737. The van der Waals surface area contributed by atoms with Crippen molar-refractivity contribution in [1.82, 2.24) is 4.90 Å². The number of carbonyl (C=O) groups is 1. The molecule has 3 rings (SSSR count). The Balaban J connectivity index is 1.69. The number of nitrogens with two attached hydrogens (primary N) is 1. The highest BCUT2D eigenvalue weighted by molar-refractivity contribution is 5.80. The molecule has 4 unspecified atom stereocenters. The Hall–Kier alpha value is -0.610. The van der Waals surface area contributed by atoms with Gasteiger partial charge in [0.15, 0.2) is 0 Å². The van der Waals surface area contributed by atoms with Gasteiger partial charge in [-0.2, -0.15) is 0 Å². The maximum atomic E-state index is 11.8. The van der Waals surface area contributed by atoms with Crippen molar-refractivity contribution >= 4 is 5.97 Å². The summed E-state index contributed by atoms with van der Waals surface area (Å²) in [6.45, 7) is 1.23. The number of esters is 1. The Morgan fingerprint density at radius 2 is 2.17 bits per heavy atom. The molecule has 18 heavy (non-hydrogen) atoms. The van der Waals surface area contributed by atoms with E-state index in [0.29, 0.717) is 6.04 Å². The van der Waals surface area contributed by atoms with E-state index in [1.165, 1.54) is 39.3 Å². The molecule has 2 aliphatic carbocycles. The number of piperidine rings is 1. The normalized spacial score (nSPS) is 44.2. The molecule has 1 heterocycles. The van der Waals surface area contributed by atoms with Crippen molar-refractivity contribution in [2.75, 3.05) is 13.7 Å². The molecule has 0 aromatic rings. The zero-order valence-electron chi connectivity index (χ0n) is 11.2. The number of methoxy groups -OCH3 is 1. The molecule has 3 fully saturated rings. The monoisotopic (exact) mass is 252 g/mol. The van der Waals surface area contributed by atoms with Gasteiger partial charge < -0.3 is 10.5 Å². The highest BCUT2D eigenvalue weighted by Crippen LogP contribution is 2.42. The first-order chi connectivity index (χ1) is 8.62. The van der Waals surface area contributed by atoms with Gasteiger partial charge in [-0.25, -0.2) is 0 Å². The number of likely N-dealkylation sites (tertiary alicyclic amines) is 1. The third-order valence-electron chi connectivity index (χ3n) is 5.27. The van der Waals surface area contributed by atoms with Gasteiger partial charge in [-0.3, -0.25) is 9.69 Å². The van der Waals surface area contributed by atoms with E-state index >= 15 is 0 Å². The van der Waals surface area contributed by atoms with Gasteiger partial charge in [-0.15, -0.1) is 0 Å². The summed E-state index contributed by atoms with van der Waals surface area (Å²) >= 11 is 0. The highest BCUT2D eigenvalue weighted by atomic mass is 16.5. The van der Waals surface area contributed by atoms with Crippen LogP contribution in [-0.4, -0.2) is 42.1 Å². The summed E-state index contributed by atoms with van der Waals surface area (Å²) in [4.78, 5) is 14.5. The molecule has 102 valence electrons. The van der Waals surface area contributed by atoms with Crippen molar-refractivity contribution in [2.45, 2.75) is 62.6 Å². The van der Waals surface area contributed by atoms with Gasteiger partial charge in [-0.1, -0.05) is 0 Å². The second kappa shape index (κ2) is 4.49. The highest BCUT2D eigenvalue weighted by Gasteiger charge is 2.47. The largest absolute Gasteiger partial charge is 0.468 e. The molecule has 4 nitrogen and oxygen atoms in total. The third-order valence-corrected chi connectivity index (χ3v) is 5.27. The van der Waals surface area contributed by atoms with E-state index in [2.05, 4.69) is 4.90 Å². The summed E-state index contributed by atoms with van der Waals surface area (Å²) in [5.74, 6) is 0.679. The second-order valence-corrected chi connectivity index (χ2v) is 6.43. The fourth-order valence-electron chi connectivity index (χ4n) is 4.36. The lowest BCUT2D eigenvalue weighted by atomic mass is 9.78. The molecule has 1 saturated heterocycles. The maximum Gasteiger partial charge on any atom is 0.325 e. The molecule has 1 aliphatic heterocycles. The van der Waals surface area contributed by atoms with Gasteiger partial charge >= 0.3 is 5.97 Å². The number of ether oxygens (including phenoxy) is 1. The van der Waals surface area contributed by atoms with E-state index in [1.807, 2.05) is 0 Å². The van der Waals surface area contributed by atoms with Crippen LogP contribution in [0.3, 0.4) is 0 Å². The quantitative estimate of drug-likeness (QED) is 0.752. The SMILES string of the molecule is COC(=O)C1(N)CCCC(N2CC3CCC2C3)C1. The standard InChI is InChI=1S/C14H24N2O2/c1-18-13(17)14(15)6-2-3-12(8-14)16-9-10-4-5-11(16)7-10/h10-12H,2-9,15H2,1H3. The maximum absolute atomic E-state index is 11.8. The fourth-order valence-corrected chi connectivity index (χ4v) is 4.36. The van der Waals surface area contributed by atoms with E-state index in [1.54, 1.807) is 0 Å². The van der Waals surface area contributed by atoms with Crippen molar-refractivity contribution < 1.29 is 9.53 Å². The van der Waals surface area contributed by atoms with Crippen LogP contribution in [0.25, 0.3) is 0 Å². The van der Waals surface area contributed by atoms with Crippen LogP contribution in [0, 0.1) is 5.92 Å². The molecule has 0 radical (unpaired) electrons. The van der Waals surface area contributed by atoms with Crippen molar-refractivity contribution in [1.29, 1.82) is 0 Å². The summed E-state index contributed by atoms with van der Waals surface area (Å²) in [6, 6.07) is 1.26. The molecule has 4 atom stereocenters. The molecule has 0 spiro atoms. The smallest absolute Gasteiger partial charge is 0.325 e. The molecule has 2 N–H and O–H groups in total. The summed E-state index contributed by atoms with van der Waals surface area (Å²) < 4.78 is 4.88. The van der Waals surface area contributed by atoms with Crippen molar-refractivity contribution in [3.8, 4) is 0 Å². The topological polar surface area (TPSA) is 55.6 Å². The Morgan fingerprint density at radius 1 is 1.33 bits per heavy atom. The van der Waals surface area contributed by atoms with Crippen LogP contribution in [0.15, 0.2) is 0 Å². The Labute approximate surface area is 109 Å². The van der Waals surface area contributed by atoms with Crippen LogP contribution in [0.5, 0.6) is 0 Å². The van der Waals surface area contributed by atoms with E-state index < -0.39 is 5.54 Å². The first-order valence-electron chi connectivity index (χ1n) is 7.25. The number of hydrogen-bond donors (Lipinski definition) is 1. The Kier molecular flexibility index (Phi) is 3.10. The molecule has 0 aromatic carbocycles. The van der Waals surface area contributed by atoms with Gasteiger partial charge in [-0.05, 0) is 50.9 Å². The molecule has 0 amide bonds. The van der Waals surface area contributed by atoms with Crippen molar-refractivity contribution in [3.63, 3.8) is 0 Å². The zero-order valence-corrected chi connectivity index (χ0v) is 11.2. The zero-order chi connectivity index (χ0) is 12.8. The minimum Gasteiger partial charge on any atom is -0.468 e. The average molecular weight is 252 g/mol. The van der Waals surface area contributed by atoms with Gasteiger partial charge in [0, 0.05) is 18.6 Å². The molecule has 3 aliphatic rings. The summed E-state index contributed by atoms with van der Waals surface area (Å²) in [6.07, 6.45) is 7.91.